The van der Waals surface area contributed by atoms with Gasteiger partial charge in [0.15, 0.2) is 0 Å². The minimum Gasteiger partial charge on any atom is -0.355 e. The molecule has 156 valence electrons. The van der Waals surface area contributed by atoms with Gasteiger partial charge in [-0.1, -0.05) is 0 Å². The summed E-state index contributed by atoms with van der Waals surface area (Å²) in [5.74, 6) is 1.58. The van der Waals surface area contributed by atoms with Gasteiger partial charge in [0.1, 0.15) is 5.82 Å². The van der Waals surface area contributed by atoms with E-state index in [2.05, 4.69) is 44.3 Å². The molecule has 0 unspecified atom stereocenters. The molecule has 1 amide bonds. The zero-order chi connectivity index (χ0) is 20.5. The maximum Gasteiger partial charge on any atom is 0.289 e. The van der Waals surface area contributed by atoms with E-state index < -0.39 is 0 Å². The van der Waals surface area contributed by atoms with E-state index in [1.54, 1.807) is 6.20 Å². The second-order valence-electron chi connectivity index (χ2n) is 8.67. The highest BCUT2D eigenvalue weighted by atomic mass is 16.2. The molecule has 2 aliphatic rings. The third-order valence-corrected chi connectivity index (χ3v) is 6.34. The number of likely N-dealkylation sites (N-methyl/N-ethyl adjacent to an activating group) is 1. The average molecular weight is 398 g/mol. The maximum atomic E-state index is 12.8. The highest BCUT2D eigenvalue weighted by Crippen LogP contribution is 2.29. The van der Waals surface area contributed by atoms with Crippen molar-refractivity contribution in [3.05, 3.63) is 35.5 Å². The SMILES string of the molecule is Cc1nc(C(=O)NC2CC(Cn3cccn3)C2)nc(N2CC[C@@H](N(C)C)C2)c1C. The topological polar surface area (TPSA) is 79.2 Å². The Labute approximate surface area is 172 Å². The zero-order valence-electron chi connectivity index (χ0n) is 17.8. The van der Waals surface area contributed by atoms with E-state index in [0.717, 1.165) is 56.0 Å². The molecule has 2 fully saturated rings. The molecule has 0 bridgehead atoms. The highest BCUT2D eigenvalue weighted by Gasteiger charge is 2.32. The van der Waals surface area contributed by atoms with Crippen LogP contribution < -0.4 is 10.2 Å². The minimum atomic E-state index is -0.166. The first-order valence-electron chi connectivity index (χ1n) is 10.5. The molecule has 1 saturated carbocycles. The molecule has 1 aliphatic heterocycles. The van der Waals surface area contributed by atoms with Crippen LogP contribution in [0.2, 0.25) is 0 Å². The van der Waals surface area contributed by atoms with Crippen molar-refractivity contribution < 1.29 is 4.79 Å². The summed E-state index contributed by atoms with van der Waals surface area (Å²) in [4.78, 5) is 26.5. The standard InChI is InChI=1S/C21H31N7O/c1-14-15(2)23-19(25-20(14)27-9-6-18(13-27)26(3)4)21(29)24-17-10-16(11-17)12-28-8-5-7-22-28/h5,7-8,16-18H,6,9-13H2,1-4H3,(H,24,29)/t16?,17?,18-/m1/s1. The van der Waals surface area contributed by atoms with Gasteiger partial charge >= 0.3 is 0 Å². The lowest BCUT2D eigenvalue weighted by Crippen LogP contribution is -2.46. The summed E-state index contributed by atoms with van der Waals surface area (Å²) in [5, 5.41) is 7.37. The van der Waals surface area contributed by atoms with Crippen molar-refractivity contribution in [1.82, 2.24) is 30.0 Å². The van der Waals surface area contributed by atoms with Crippen LogP contribution in [0.5, 0.6) is 0 Å². The van der Waals surface area contributed by atoms with Gasteiger partial charge in [0.05, 0.1) is 0 Å². The summed E-state index contributed by atoms with van der Waals surface area (Å²) in [6.45, 7) is 6.80. The number of nitrogens with zero attached hydrogens (tertiary/aromatic N) is 6. The number of carbonyl (C=O) groups excluding carboxylic acids is 1. The van der Waals surface area contributed by atoms with Gasteiger partial charge in [0.2, 0.25) is 5.82 Å². The number of aryl methyl sites for hydroxylation is 1. The third kappa shape index (κ3) is 4.27. The third-order valence-electron chi connectivity index (χ3n) is 6.34. The molecule has 1 N–H and O–H groups in total. The number of carbonyl (C=O) groups is 1. The number of hydrogen-bond acceptors (Lipinski definition) is 6. The van der Waals surface area contributed by atoms with Gasteiger partial charge in [-0.05, 0) is 59.2 Å². The van der Waals surface area contributed by atoms with E-state index >= 15 is 0 Å². The lowest BCUT2D eigenvalue weighted by atomic mass is 9.80. The Morgan fingerprint density at radius 3 is 2.72 bits per heavy atom. The number of nitrogens with one attached hydrogen (secondary N) is 1. The van der Waals surface area contributed by atoms with Gasteiger partial charge in [-0.3, -0.25) is 9.48 Å². The molecule has 8 nitrogen and oxygen atoms in total. The first-order chi connectivity index (χ1) is 13.9. The van der Waals surface area contributed by atoms with E-state index in [1.165, 1.54) is 0 Å². The van der Waals surface area contributed by atoms with E-state index in [9.17, 15) is 4.79 Å². The molecule has 29 heavy (non-hydrogen) atoms. The number of aromatic nitrogens is 4. The molecule has 2 aromatic heterocycles. The minimum absolute atomic E-state index is 0.166. The largest absolute Gasteiger partial charge is 0.355 e. The second-order valence-corrected chi connectivity index (χ2v) is 8.67. The molecule has 4 rings (SSSR count). The molecule has 3 heterocycles. The van der Waals surface area contributed by atoms with Crippen molar-refractivity contribution >= 4 is 11.7 Å². The first kappa shape index (κ1) is 19.8. The number of anilines is 1. The van der Waals surface area contributed by atoms with Crippen molar-refractivity contribution in [2.24, 2.45) is 5.92 Å². The molecule has 1 saturated heterocycles. The molecule has 1 aliphatic carbocycles. The predicted molar refractivity (Wildman–Crippen MR) is 112 cm³/mol. The normalized spacial score (nSPS) is 24.0. The molecule has 0 radical (unpaired) electrons. The fourth-order valence-corrected chi connectivity index (χ4v) is 4.30. The Balaban J connectivity index is 1.38. The van der Waals surface area contributed by atoms with Crippen LogP contribution in [0.25, 0.3) is 0 Å². The van der Waals surface area contributed by atoms with Crippen LogP contribution in [-0.2, 0) is 6.54 Å². The summed E-state index contributed by atoms with van der Waals surface area (Å²) >= 11 is 0. The molecule has 1 atom stereocenters. The van der Waals surface area contributed by atoms with E-state index in [-0.39, 0.29) is 17.8 Å². The van der Waals surface area contributed by atoms with Gasteiger partial charge in [0.25, 0.3) is 5.91 Å². The van der Waals surface area contributed by atoms with Crippen LogP contribution in [0.4, 0.5) is 5.82 Å². The molecule has 8 heteroatoms. The Kier molecular flexibility index (Phi) is 5.54. The second kappa shape index (κ2) is 8.10. The van der Waals surface area contributed by atoms with Crippen LogP contribution in [0, 0.1) is 19.8 Å². The van der Waals surface area contributed by atoms with Gasteiger partial charge in [-0.25, -0.2) is 9.97 Å². The Bertz CT molecular complexity index is 858. The fraction of sp³-hybridized carbons (Fsp3) is 0.619. The highest BCUT2D eigenvalue weighted by molar-refractivity contribution is 5.91. The summed E-state index contributed by atoms with van der Waals surface area (Å²) < 4.78 is 1.96. The molecule has 0 spiro atoms. The predicted octanol–water partition coefficient (Wildman–Crippen LogP) is 1.64. The van der Waals surface area contributed by atoms with Crippen LogP contribution >= 0.6 is 0 Å². The summed E-state index contributed by atoms with van der Waals surface area (Å²) in [5.41, 5.74) is 1.93. The molecule has 0 aromatic carbocycles. The summed E-state index contributed by atoms with van der Waals surface area (Å²) in [6, 6.07) is 2.65. The number of rotatable bonds is 6. The average Bonchev–Trinajstić information content (AvgIpc) is 3.33. The van der Waals surface area contributed by atoms with E-state index in [1.807, 2.05) is 30.8 Å². The molecule has 2 aromatic rings. The Hall–Kier alpha value is -2.48. The summed E-state index contributed by atoms with van der Waals surface area (Å²) in [7, 11) is 4.23. The Morgan fingerprint density at radius 2 is 2.07 bits per heavy atom. The lowest BCUT2D eigenvalue weighted by molar-refractivity contribution is 0.0868. The van der Waals surface area contributed by atoms with Gasteiger partial charge in [-0.2, -0.15) is 5.10 Å². The molecular weight excluding hydrogens is 366 g/mol. The van der Waals surface area contributed by atoms with Crippen molar-refractivity contribution in [2.45, 2.75) is 51.7 Å². The van der Waals surface area contributed by atoms with Crippen molar-refractivity contribution in [3.8, 4) is 0 Å². The number of amides is 1. The van der Waals surface area contributed by atoms with Gasteiger partial charge in [-0.15, -0.1) is 0 Å². The van der Waals surface area contributed by atoms with Crippen LogP contribution in [0.15, 0.2) is 18.5 Å². The van der Waals surface area contributed by atoms with Crippen LogP contribution in [-0.4, -0.2) is 69.8 Å². The first-order valence-corrected chi connectivity index (χ1v) is 10.5. The van der Waals surface area contributed by atoms with Crippen molar-refractivity contribution in [3.63, 3.8) is 0 Å². The maximum absolute atomic E-state index is 12.8. The van der Waals surface area contributed by atoms with E-state index in [0.29, 0.717) is 12.0 Å². The smallest absolute Gasteiger partial charge is 0.289 e. The van der Waals surface area contributed by atoms with Crippen molar-refractivity contribution in [1.29, 1.82) is 0 Å². The Morgan fingerprint density at radius 1 is 1.28 bits per heavy atom. The zero-order valence-corrected chi connectivity index (χ0v) is 17.8. The fourth-order valence-electron chi connectivity index (χ4n) is 4.30. The quantitative estimate of drug-likeness (QED) is 0.798. The number of hydrogen-bond donors (Lipinski definition) is 1. The van der Waals surface area contributed by atoms with Gasteiger partial charge in [0, 0.05) is 55.4 Å². The van der Waals surface area contributed by atoms with Crippen molar-refractivity contribution in [2.75, 3.05) is 32.1 Å². The van der Waals surface area contributed by atoms with Gasteiger partial charge < -0.3 is 15.1 Å². The molecular formula is C21H31N7O. The monoisotopic (exact) mass is 397 g/mol. The lowest BCUT2D eigenvalue weighted by Gasteiger charge is -2.35. The van der Waals surface area contributed by atoms with Crippen LogP contribution in [0.3, 0.4) is 0 Å². The van der Waals surface area contributed by atoms with Crippen LogP contribution in [0.1, 0.15) is 41.1 Å². The van der Waals surface area contributed by atoms with E-state index in [4.69, 9.17) is 0 Å². The summed E-state index contributed by atoms with van der Waals surface area (Å²) in [6.07, 6.45) is 6.83.